The predicted molar refractivity (Wildman–Crippen MR) is 105 cm³/mol. The van der Waals surface area contributed by atoms with Crippen molar-refractivity contribution in [2.45, 2.75) is 32.5 Å². The molecule has 1 fully saturated rings. The molecule has 0 saturated carbocycles. The van der Waals surface area contributed by atoms with Crippen LogP contribution < -0.4 is 4.74 Å². The second kappa shape index (κ2) is 8.01. The molecule has 0 radical (unpaired) electrons. The van der Waals surface area contributed by atoms with E-state index in [1.807, 2.05) is 50.2 Å². The molecule has 0 N–H and O–H groups in total. The number of halogens is 1. The van der Waals surface area contributed by atoms with E-state index < -0.39 is 6.04 Å². The molecule has 6 heteroatoms. The van der Waals surface area contributed by atoms with Gasteiger partial charge in [0.25, 0.3) is 5.91 Å². The first kappa shape index (κ1) is 19.2. The highest BCUT2D eigenvalue weighted by atomic mass is 35.5. The van der Waals surface area contributed by atoms with Crippen LogP contribution in [0.2, 0.25) is 5.02 Å². The molecule has 0 bridgehead atoms. The Morgan fingerprint density at radius 3 is 2.26 bits per heavy atom. The third-order valence-electron chi connectivity index (χ3n) is 4.78. The number of methoxy groups -OCH3 is 1. The summed E-state index contributed by atoms with van der Waals surface area (Å²) in [5.41, 5.74) is 1.70. The minimum atomic E-state index is -0.657. The monoisotopic (exact) mass is 386 g/mol. The van der Waals surface area contributed by atoms with Crippen LogP contribution in [0.15, 0.2) is 48.5 Å². The highest BCUT2D eigenvalue weighted by molar-refractivity contribution is 6.30. The highest BCUT2D eigenvalue weighted by Gasteiger charge is 2.41. The van der Waals surface area contributed by atoms with E-state index in [1.54, 1.807) is 29.0 Å². The Morgan fingerprint density at radius 2 is 1.70 bits per heavy atom. The van der Waals surface area contributed by atoms with Gasteiger partial charge in [-0.05, 0) is 49.2 Å². The molecule has 142 valence electrons. The summed E-state index contributed by atoms with van der Waals surface area (Å²) in [7, 11) is 1.59. The minimum Gasteiger partial charge on any atom is -0.497 e. The minimum absolute atomic E-state index is 0.0418. The van der Waals surface area contributed by atoms with Crippen molar-refractivity contribution in [3.63, 3.8) is 0 Å². The number of hydrogen-bond acceptors (Lipinski definition) is 3. The standard InChI is InChI=1S/C21H23ClN2O3/c1-14(2)23-13-19(25)24(12-15-4-8-17(22)9-5-15)20(21(23)26)16-6-10-18(27-3)11-7-16/h4-11,14,20H,12-13H2,1-3H3. The summed E-state index contributed by atoms with van der Waals surface area (Å²) in [4.78, 5) is 29.4. The van der Waals surface area contributed by atoms with Crippen molar-refractivity contribution >= 4 is 23.4 Å². The van der Waals surface area contributed by atoms with Crippen LogP contribution in [0.25, 0.3) is 0 Å². The molecule has 27 heavy (non-hydrogen) atoms. The van der Waals surface area contributed by atoms with Crippen molar-refractivity contribution in [3.8, 4) is 5.75 Å². The summed E-state index contributed by atoms with van der Waals surface area (Å²) in [6.07, 6.45) is 0. The lowest BCUT2D eigenvalue weighted by molar-refractivity contribution is -0.158. The molecule has 5 nitrogen and oxygen atoms in total. The average Bonchev–Trinajstić information content (AvgIpc) is 2.66. The van der Waals surface area contributed by atoms with Crippen LogP contribution in [-0.2, 0) is 16.1 Å². The molecule has 0 spiro atoms. The number of amides is 2. The van der Waals surface area contributed by atoms with Crippen molar-refractivity contribution in [1.82, 2.24) is 9.80 Å². The molecule has 1 heterocycles. The molecule has 1 aliphatic heterocycles. The molecule has 2 aromatic rings. The SMILES string of the molecule is COc1ccc(C2C(=O)N(C(C)C)CC(=O)N2Cc2ccc(Cl)cc2)cc1. The molecular formula is C21H23ClN2O3. The Balaban J connectivity index is 1.97. The third-order valence-corrected chi connectivity index (χ3v) is 5.03. The van der Waals surface area contributed by atoms with Crippen LogP contribution in [-0.4, -0.2) is 41.3 Å². The van der Waals surface area contributed by atoms with Crippen molar-refractivity contribution in [1.29, 1.82) is 0 Å². The van der Waals surface area contributed by atoms with Crippen molar-refractivity contribution < 1.29 is 14.3 Å². The number of rotatable bonds is 5. The largest absolute Gasteiger partial charge is 0.497 e. The maximum atomic E-state index is 13.2. The predicted octanol–water partition coefficient (Wildman–Crippen LogP) is 3.67. The van der Waals surface area contributed by atoms with Gasteiger partial charge in [-0.25, -0.2) is 0 Å². The summed E-state index contributed by atoms with van der Waals surface area (Å²) < 4.78 is 5.21. The number of ether oxygens (including phenoxy) is 1. The van der Waals surface area contributed by atoms with Crippen LogP contribution in [0.4, 0.5) is 0 Å². The normalized spacial score (nSPS) is 17.6. The van der Waals surface area contributed by atoms with E-state index in [2.05, 4.69) is 0 Å². The molecule has 2 aromatic carbocycles. The van der Waals surface area contributed by atoms with E-state index in [-0.39, 0.29) is 24.4 Å². The lowest BCUT2D eigenvalue weighted by atomic mass is 9.99. The number of hydrogen-bond donors (Lipinski definition) is 0. The molecule has 2 amide bonds. The van der Waals surface area contributed by atoms with Crippen LogP contribution in [0.1, 0.15) is 31.0 Å². The van der Waals surface area contributed by atoms with E-state index in [4.69, 9.17) is 16.3 Å². The summed E-state index contributed by atoms with van der Waals surface area (Å²) in [5.74, 6) is 0.570. The third kappa shape index (κ3) is 4.08. The van der Waals surface area contributed by atoms with Crippen LogP contribution in [0, 0.1) is 0 Å². The molecular weight excluding hydrogens is 364 g/mol. The molecule has 1 atom stereocenters. The van der Waals surface area contributed by atoms with E-state index in [0.29, 0.717) is 17.3 Å². The van der Waals surface area contributed by atoms with Gasteiger partial charge in [0, 0.05) is 17.6 Å². The number of piperazine rings is 1. The smallest absolute Gasteiger partial charge is 0.250 e. The van der Waals surface area contributed by atoms with E-state index in [1.165, 1.54) is 0 Å². The Bertz CT molecular complexity index is 818. The zero-order valence-electron chi connectivity index (χ0n) is 15.7. The van der Waals surface area contributed by atoms with Gasteiger partial charge < -0.3 is 14.5 Å². The number of nitrogens with zero attached hydrogens (tertiary/aromatic N) is 2. The summed E-state index contributed by atoms with van der Waals surface area (Å²) in [6.45, 7) is 4.29. The number of carbonyl (C=O) groups excluding carboxylic acids is 2. The highest BCUT2D eigenvalue weighted by Crippen LogP contribution is 2.31. The van der Waals surface area contributed by atoms with Gasteiger partial charge in [0.15, 0.2) is 0 Å². The van der Waals surface area contributed by atoms with E-state index in [9.17, 15) is 9.59 Å². The van der Waals surface area contributed by atoms with Crippen molar-refractivity contribution in [2.24, 2.45) is 0 Å². The fraction of sp³-hybridized carbons (Fsp3) is 0.333. The van der Waals surface area contributed by atoms with E-state index >= 15 is 0 Å². The Hall–Kier alpha value is -2.53. The number of carbonyl (C=O) groups is 2. The zero-order valence-corrected chi connectivity index (χ0v) is 16.4. The quantitative estimate of drug-likeness (QED) is 0.787. The second-order valence-electron chi connectivity index (χ2n) is 6.88. The molecule has 0 aliphatic carbocycles. The fourth-order valence-corrected chi connectivity index (χ4v) is 3.39. The van der Waals surface area contributed by atoms with Gasteiger partial charge in [-0.3, -0.25) is 9.59 Å². The van der Waals surface area contributed by atoms with Crippen molar-refractivity contribution in [2.75, 3.05) is 13.7 Å². The first-order valence-electron chi connectivity index (χ1n) is 8.89. The van der Waals surface area contributed by atoms with Gasteiger partial charge in [0.2, 0.25) is 5.91 Å². The first-order valence-corrected chi connectivity index (χ1v) is 9.27. The van der Waals surface area contributed by atoms with Gasteiger partial charge in [-0.15, -0.1) is 0 Å². The number of benzene rings is 2. The lowest BCUT2D eigenvalue weighted by Gasteiger charge is -2.42. The summed E-state index contributed by atoms with van der Waals surface area (Å²) >= 11 is 5.96. The van der Waals surface area contributed by atoms with Gasteiger partial charge in [0.05, 0.1) is 7.11 Å². The van der Waals surface area contributed by atoms with Gasteiger partial charge in [0.1, 0.15) is 18.3 Å². The van der Waals surface area contributed by atoms with Crippen molar-refractivity contribution in [3.05, 3.63) is 64.7 Å². The average molecular weight is 387 g/mol. The maximum Gasteiger partial charge on any atom is 0.250 e. The Kier molecular flexibility index (Phi) is 5.71. The Morgan fingerprint density at radius 1 is 1.07 bits per heavy atom. The lowest BCUT2D eigenvalue weighted by Crippen LogP contribution is -2.56. The van der Waals surface area contributed by atoms with Gasteiger partial charge >= 0.3 is 0 Å². The summed E-state index contributed by atoms with van der Waals surface area (Å²) in [5, 5.41) is 0.637. The van der Waals surface area contributed by atoms with E-state index in [0.717, 1.165) is 11.1 Å². The van der Waals surface area contributed by atoms with Gasteiger partial charge in [-0.1, -0.05) is 35.9 Å². The van der Waals surface area contributed by atoms with Crippen LogP contribution >= 0.6 is 11.6 Å². The molecule has 1 aliphatic rings. The van der Waals surface area contributed by atoms with Crippen LogP contribution in [0.3, 0.4) is 0 Å². The fourth-order valence-electron chi connectivity index (χ4n) is 3.26. The Labute approximate surface area is 164 Å². The first-order chi connectivity index (χ1) is 12.9. The van der Waals surface area contributed by atoms with Gasteiger partial charge in [-0.2, -0.15) is 0 Å². The zero-order chi connectivity index (χ0) is 19.6. The summed E-state index contributed by atoms with van der Waals surface area (Å²) in [6, 6.07) is 13.9. The molecule has 3 rings (SSSR count). The maximum absolute atomic E-state index is 13.2. The molecule has 1 saturated heterocycles. The van der Waals surface area contributed by atoms with Crippen LogP contribution in [0.5, 0.6) is 5.75 Å². The topological polar surface area (TPSA) is 49.9 Å². The second-order valence-corrected chi connectivity index (χ2v) is 7.32. The molecule has 1 unspecified atom stereocenters. The molecule has 0 aromatic heterocycles.